The van der Waals surface area contributed by atoms with Crippen LogP contribution >= 0.6 is 0 Å². The zero-order valence-corrected chi connectivity index (χ0v) is 19.9. The zero-order chi connectivity index (χ0) is 24.1. The molecule has 0 saturated carbocycles. The van der Waals surface area contributed by atoms with E-state index in [9.17, 15) is 14.7 Å². The Morgan fingerprint density at radius 2 is 1.82 bits per heavy atom. The van der Waals surface area contributed by atoms with E-state index in [4.69, 9.17) is 13.9 Å². The van der Waals surface area contributed by atoms with Gasteiger partial charge in [-0.25, -0.2) is 0 Å². The Morgan fingerprint density at radius 3 is 2.39 bits per heavy atom. The molecule has 1 aliphatic heterocycles. The molecular weight excluding hydrogens is 424 g/mol. The summed E-state index contributed by atoms with van der Waals surface area (Å²) in [4.78, 5) is 30.2. The molecule has 178 valence electrons. The Labute approximate surface area is 194 Å². The smallest absolute Gasteiger partial charge is 0.290 e. The lowest BCUT2D eigenvalue weighted by molar-refractivity contribution is -0.129. The minimum absolute atomic E-state index is 0.00408. The number of carbonyl (C=O) groups is 2. The molecule has 1 amide bonds. The second kappa shape index (κ2) is 10.6. The van der Waals surface area contributed by atoms with Crippen LogP contribution in [-0.4, -0.2) is 67.0 Å². The van der Waals surface area contributed by atoms with Crippen LogP contribution in [0, 0.1) is 6.92 Å². The number of hydrogen-bond donors (Lipinski definition) is 1. The number of amides is 1. The Bertz CT molecular complexity index is 1040. The summed E-state index contributed by atoms with van der Waals surface area (Å²) in [5, 5.41) is 10.8. The van der Waals surface area contributed by atoms with Gasteiger partial charge in [-0.3, -0.25) is 9.59 Å². The molecule has 2 heterocycles. The highest BCUT2D eigenvalue weighted by atomic mass is 16.5. The number of benzene rings is 1. The van der Waals surface area contributed by atoms with Gasteiger partial charge in [0.25, 0.3) is 5.91 Å². The summed E-state index contributed by atoms with van der Waals surface area (Å²) in [5.74, 6) is 0.0235. The van der Waals surface area contributed by atoms with Crippen molar-refractivity contribution < 1.29 is 28.6 Å². The van der Waals surface area contributed by atoms with E-state index >= 15 is 0 Å². The van der Waals surface area contributed by atoms with Crippen molar-refractivity contribution in [3.05, 3.63) is 58.7 Å². The van der Waals surface area contributed by atoms with E-state index in [0.29, 0.717) is 35.8 Å². The summed E-state index contributed by atoms with van der Waals surface area (Å²) in [6, 6.07) is 7.68. The molecule has 0 saturated heterocycles. The predicted octanol–water partition coefficient (Wildman–Crippen LogP) is 3.92. The van der Waals surface area contributed by atoms with Crippen LogP contribution in [0.15, 0.2) is 46.1 Å². The Hall–Kier alpha value is -3.26. The largest absolute Gasteiger partial charge is 0.503 e. The first kappa shape index (κ1) is 24.4. The molecular formula is C25H32N2O6. The molecule has 1 aromatic carbocycles. The minimum Gasteiger partial charge on any atom is -0.503 e. The fraction of sp³-hybridized carbons (Fsp3) is 0.440. The van der Waals surface area contributed by atoms with Crippen LogP contribution in [0.5, 0.6) is 11.5 Å². The molecule has 0 bridgehead atoms. The Balaban J connectivity index is 2.01. The van der Waals surface area contributed by atoms with Crippen molar-refractivity contribution in [1.29, 1.82) is 0 Å². The fourth-order valence-corrected chi connectivity index (χ4v) is 4.18. The summed E-state index contributed by atoms with van der Waals surface area (Å²) in [6.45, 7) is 8.92. The fourth-order valence-electron chi connectivity index (χ4n) is 4.18. The lowest BCUT2D eigenvalue weighted by atomic mass is 9.94. The van der Waals surface area contributed by atoms with Gasteiger partial charge in [-0.2, -0.15) is 0 Å². The molecule has 33 heavy (non-hydrogen) atoms. The zero-order valence-electron chi connectivity index (χ0n) is 19.9. The maximum atomic E-state index is 13.3. The first-order chi connectivity index (χ1) is 15.9. The van der Waals surface area contributed by atoms with Gasteiger partial charge in [0.15, 0.2) is 23.0 Å². The van der Waals surface area contributed by atoms with E-state index in [-0.39, 0.29) is 11.3 Å². The molecule has 1 aliphatic rings. The number of aliphatic hydroxyl groups is 1. The number of nitrogens with zero attached hydrogens (tertiary/aromatic N) is 2. The van der Waals surface area contributed by atoms with E-state index < -0.39 is 23.5 Å². The first-order valence-corrected chi connectivity index (χ1v) is 11.2. The van der Waals surface area contributed by atoms with Crippen LogP contribution in [-0.2, 0) is 4.79 Å². The van der Waals surface area contributed by atoms with Crippen LogP contribution in [0.3, 0.4) is 0 Å². The average Bonchev–Trinajstić information content (AvgIpc) is 3.37. The van der Waals surface area contributed by atoms with E-state index in [1.165, 1.54) is 14.2 Å². The molecule has 0 unspecified atom stereocenters. The van der Waals surface area contributed by atoms with Gasteiger partial charge in [-0.15, -0.1) is 0 Å². The normalized spacial score (nSPS) is 16.1. The second-order valence-electron chi connectivity index (χ2n) is 7.90. The van der Waals surface area contributed by atoms with Crippen molar-refractivity contribution in [3.8, 4) is 11.5 Å². The molecule has 0 radical (unpaired) electrons. The molecule has 1 N–H and O–H groups in total. The monoisotopic (exact) mass is 456 g/mol. The number of aliphatic hydroxyl groups excluding tert-OH is 1. The number of ether oxygens (including phenoxy) is 2. The van der Waals surface area contributed by atoms with Crippen molar-refractivity contribution in [2.45, 2.75) is 33.2 Å². The molecule has 0 aliphatic carbocycles. The Kier molecular flexibility index (Phi) is 7.81. The molecule has 2 aromatic rings. The molecule has 0 spiro atoms. The van der Waals surface area contributed by atoms with Crippen LogP contribution in [0.2, 0.25) is 0 Å². The SMILES string of the molecule is CCN(CC)CCCN1C(=O)C(O)=C(C(=O)c2ccc(C)o2)[C@H]1c1ccc(OC)c(OC)c1. The van der Waals surface area contributed by atoms with Gasteiger partial charge in [0.2, 0.25) is 5.78 Å². The lowest BCUT2D eigenvalue weighted by Gasteiger charge is -2.28. The van der Waals surface area contributed by atoms with E-state index in [1.807, 2.05) is 0 Å². The number of carbonyl (C=O) groups excluding carboxylic acids is 2. The summed E-state index contributed by atoms with van der Waals surface area (Å²) in [7, 11) is 3.06. The molecule has 1 atom stereocenters. The van der Waals surface area contributed by atoms with Crippen LogP contribution < -0.4 is 9.47 Å². The summed E-state index contributed by atoms with van der Waals surface area (Å²) in [6.07, 6.45) is 0.700. The topological polar surface area (TPSA) is 92.5 Å². The van der Waals surface area contributed by atoms with Gasteiger partial charge >= 0.3 is 0 Å². The quantitative estimate of drug-likeness (QED) is 0.513. The van der Waals surface area contributed by atoms with Crippen LogP contribution in [0.4, 0.5) is 0 Å². The van der Waals surface area contributed by atoms with Crippen LogP contribution in [0.1, 0.15) is 48.2 Å². The molecule has 0 fully saturated rings. The maximum absolute atomic E-state index is 13.3. The van der Waals surface area contributed by atoms with Crippen molar-refractivity contribution >= 4 is 11.7 Å². The van der Waals surface area contributed by atoms with Gasteiger partial charge in [0.05, 0.1) is 25.8 Å². The summed E-state index contributed by atoms with van der Waals surface area (Å²) < 4.78 is 16.3. The third-order valence-corrected chi connectivity index (χ3v) is 6.00. The standard InChI is InChI=1S/C25H32N2O6/c1-6-26(7-2)13-8-14-27-22(17-10-12-18(31-4)20(15-17)32-5)21(24(29)25(27)30)23(28)19-11-9-16(3)33-19/h9-12,15,22,29H,6-8,13-14H2,1-5H3/t22-/m1/s1. The summed E-state index contributed by atoms with van der Waals surface area (Å²) >= 11 is 0. The van der Waals surface area contributed by atoms with E-state index in [0.717, 1.165) is 19.6 Å². The Morgan fingerprint density at radius 1 is 1.12 bits per heavy atom. The number of methoxy groups -OCH3 is 2. The van der Waals surface area contributed by atoms with Crippen LogP contribution in [0.25, 0.3) is 0 Å². The predicted molar refractivity (Wildman–Crippen MR) is 124 cm³/mol. The summed E-state index contributed by atoms with van der Waals surface area (Å²) in [5.41, 5.74) is 0.643. The van der Waals surface area contributed by atoms with Crippen molar-refractivity contribution in [2.75, 3.05) is 40.4 Å². The minimum atomic E-state index is -0.771. The highest BCUT2D eigenvalue weighted by Crippen LogP contribution is 2.41. The first-order valence-electron chi connectivity index (χ1n) is 11.2. The van der Waals surface area contributed by atoms with Gasteiger partial charge < -0.3 is 28.8 Å². The number of aryl methyl sites for hydroxylation is 1. The average molecular weight is 457 g/mol. The van der Waals surface area contributed by atoms with Gasteiger partial charge in [0.1, 0.15) is 5.76 Å². The lowest BCUT2D eigenvalue weighted by Crippen LogP contribution is -2.34. The molecule has 8 nitrogen and oxygen atoms in total. The number of hydrogen-bond acceptors (Lipinski definition) is 7. The number of furan rings is 1. The second-order valence-corrected chi connectivity index (χ2v) is 7.90. The van der Waals surface area contributed by atoms with E-state index in [2.05, 4.69) is 18.7 Å². The third kappa shape index (κ3) is 4.90. The number of Topliss-reactive ketones (excluding diaryl/α,β-unsaturated/α-hetero) is 1. The van der Waals surface area contributed by atoms with Crippen molar-refractivity contribution in [1.82, 2.24) is 9.80 Å². The molecule has 1 aromatic heterocycles. The molecule has 3 rings (SSSR count). The van der Waals surface area contributed by atoms with E-state index in [1.54, 1.807) is 42.2 Å². The number of rotatable bonds is 11. The third-order valence-electron chi connectivity index (χ3n) is 6.00. The molecule has 8 heteroatoms. The van der Waals surface area contributed by atoms with Crippen molar-refractivity contribution in [2.24, 2.45) is 0 Å². The maximum Gasteiger partial charge on any atom is 0.290 e. The highest BCUT2D eigenvalue weighted by molar-refractivity contribution is 6.15. The highest BCUT2D eigenvalue weighted by Gasteiger charge is 2.44. The van der Waals surface area contributed by atoms with Gasteiger partial charge in [0, 0.05) is 6.54 Å². The number of ketones is 1. The van der Waals surface area contributed by atoms with Gasteiger partial charge in [-0.1, -0.05) is 19.9 Å². The van der Waals surface area contributed by atoms with Gasteiger partial charge in [-0.05, 0) is 62.8 Å². The van der Waals surface area contributed by atoms with Crippen molar-refractivity contribution in [3.63, 3.8) is 0 Å².